The summed E-state index contributed by atoms with van der Waals surface area (Å²) in [5.74, 6) is 0.959. The van der Waals surface area contributed by atoms with Gasteiger partial charge in [-0.2, -0.15) is 0 Å². The fourth-order valence-electron chi connectivity index (χ4n) is 1.21. The summed E-state index contributed by atoms with van der Waals surface area (Å²) < 4.78 is 5.35. The van der Waals surface area contributed by atoms with E-state index >= 15 is 0 Å². The summed E-state index contributed by atoms with van der Waals surface area (Å²) in [6.45, 7) is 1.27. The average molecular weight is 150 g/mol. The first-order chi connectivity index (χ1) is 5.40. The van der Waals surface area contributed by atoms with Crippen molar-refractivity contribution in [2.24, 2.45) is 5.73 Å². The van der Waals surface area contributed by atoms with Gasteiger partial charge >= 0.3 is 0 Å². The number of pyridine rings is 1. The molecule has 0 aliphatic carbocycles. The Morgan fingerprint density at radius 2 is 2.55 bits per heavy atom. The SMILES string of the molecule is NCc1cc2c(cn1)CCO2. The predicted molar refractivity (Wildman–Crippen MR) is 41.3 cm³/mol. The molecule has 11 heavy (non-hydrogen) atoms. The Labute approximate surface area is 65.2 Å². The molecule has 0 aromatic carbocycles. The molecule has 0 fully saturated rings. The maximum absolute atomic E-state index is 5.43. The Morgan fingerprint density at radius 3 is 3.36 bits per heavy atom. The fourth-order valence-corrected chi connectivity index (χ4v) is 1.21. The zero-order valence-corrected chi connectivity index (χ0v) is 6.21. The number of nitrogens with zero attached hydrogens (tertiary/aromatic N) is 1. The monoisotopic (exact) mass is 150 g/mol. The molecule has 3 nitrogen and oxygen atoms in total. The van der Waals surface area contributed by atoms with E-state index < -0.39 is 0 Å². The van der Waals surface area contributed by atoms with Gasteiger partial charge in [0.05, 0.1) is 12.3 Å². The van der Waals surface area contributed by atoms with Crippen molar-refractivity contribution in [2.45, 2.75) is 13.0 Å². The summed E-state index contributed by atoms with van der Waals surface area (Å²) in [5, 5.41) is 0. The minimum atomic E-state index is 0.483. The number of hydrogen-bond donors (Lipinski definition) is 1. The summed E-state index contributed by atoms with van der Waals surface area (Å²) >= 11 is 0. The quantitative estimate of drug-likeness (QED) is 0.633. The Morgan fingerprint density at radius 1 is 1.64 bits per heavy atom. The van der Waals surface area contributed by atoms with E-state index in [1.807, 2.05) is 12.3 Å². The van der Waals surface area contributed by atoms with Crippen LogP contribution < -0.4 is 10.5 Å². The summed E-state index contributed by atoms with van der Waals surface area (Å²) in [7, 11) is 0. The Kier molecular flexibility index (Phi) is 1.51. The summed E-state index contributed by atoms with van der Waals surface area (Å²) in [4.78, 5) is 4.16. The number of fused-ring (bicyclic) bond motifs is 1. The van der Waals surface area contributed by atoms with Crippen LogP contribution in [0.25, 0.3) is 0 Å². The molecule has 3 heteroatoms. The zero-order valence-electron chi connectivity index (χ0n) is 6.21. The highest BCUT2D eigenvalue weighted by molar-refractivity contribution is 5.35. The van der Waals surface area contributed by atoms with Gasteiger partial charge in [-0.1, -0.05) is 0 Å². The van der Waals surface area contributed by atoms with E-state index in [1.165, 1.54) is 5.56 Å². The third kappa shape index (κ3) is 1.07. The largest absolute Gasteiger partial charge is 0.493 e. The summed E-state index contributed by atoms with van der Waals surface area (Å²) in [6, 6.07) is 1.92. The first kappa shape index (κ1) is 6.61. The van der Waals surface area contributed by atoms with E-state index in [-0.39, 0.29) is 0 Å². The molecule has 0 amide bonds. The maximum Gasteiger partial charge on any atom is 0.126 e. The Balaban J connectivity index is 2.41. The molecular formula is C8H10N2O. The minimum Gasteiger partial charge on any atom is -0.493 e. The van der Waals surface area contributed by atoms with Gasteiger partial charge < -0.3 is 10.5 Å². The van der Waals surface area contributed by atoms with Crippen molar-refractivity contribution in [3.63, 3.8) is 0 Å². The van der Waals surface area contributed by atoms with Gasteiger partial charge in [0.2, 0.25) is 0 Å². The van der Waals surface area contributed by atoms with Crippen molar-refractivity contribution in [3.8, 4) is 5.75 Å². The van der Waals surface area contributed by atoms with E-state index in [9.17, 15) is 0 Å². The number of hydrogen-bond acceptors (Lipinski definition) is 3. The number of nitrogens with two attached hydrogens (primary N) is 1. The van der Waals surface area contributed by atoms with Crippen LogP contribution in [0.5, 0.6) is 5.75 Å². The molecule has 0 saturated heterocycles. The van der Waals surface area contributed by atoms with Crippen LogP contribution in [0.1, 0.15) is 11.3 Å². The van der Waals surface area contributed by atoms with Crippen LogP contribution in [-0.4, -0.2) is 11.6 Å². The van der Waals surface area contributed by atoms with E-state index in [2.05, 4.69) is 4.98 Å². The first-order valence-electron chi connectivity index (χ1n) is 3.71. The highest BCUT2D eigenvalue weighted by Gasteiger charge is 2.11. The van der Waals surface area contributed by atoms with Crippen LogP contribution in [0, 0.1) is 0 Å². The topological polar surface area (TPSA) is 48.1 Å². The van der Waals surface area contributed by atoms with Gasteiger partial charge in [0, 0.05) is 30.8 Å². The van der Waals surface area contributed by atoms with Gasteiger partial charge in [-0.3, -0.25) is 4.98 Å². The van der Waals surface area contributed by atoms with Crippen LogP contribution >= 0.6 is 0 Å². The fraction of sp³-hybridized carbons (Fsp3) is 0.375. The molecule has 0 bridgehead atoms. The normalized spacial score (nSPS) is 14.3. The van der Waals surface area contributed by atoms with Crippen LogP contribution in [0.3, 0.4) is 0 Å². The molecular weight excluding hydrogens is 140 g/mol. The van der Waals surface area contributed by atoms with Crippen LogP contribution in [-0.2, 0) is 13.0 Å². The van der Waals surface area contributed by atoms with Gasteiger partial charge in [0.25, 0.3) is 0 Å². The van der Waals surface area contributed by atoms with Crippen molar-refractivity contribution >= 4 is 0 Å². The van der Waals surface area contributed by atoms with Gasteiger partial charge in [0.1, 0.15) is 5.75 Å². The van der Waals surface area contributed by atoms with Crippen molar-refractivity contribution in [1.29, 1.82) is 0 Å². The molecule has 1 aromatic rings. The van der Waals surface area contributed by atoms with Crippen molar-refractivity contribution < 1.29 is 4.74 Å². The smallest absolute Gasteiger partial charge is 0.126 e. The molecule has 0 radical (unpaired) electrons. The lowest BCUT2D eigenvalue weighted by Crippen LogP contribution is -1.99. The third-order valence-corrected chi connectivity index (χ3v) is 1.84. The van der Waals surface area contributed by atoms with Gasteiger partial charge in [-0.05, 0) is 0 Å². The number of aromatic nitrogens is 1. The number of rotatable bonds is 1. The van der Waals surface area contributed by atoms with Crippen molar-refractivity contribution in [1.82, 2.24) is 4.98 Å². The van der Waals surface area contributed by atoms with Gasteiger partial charge in [-0.15, -0.1) is 0 Å². The molecule has 1 aromatic heterocycles. The van der Waals surface area contributed by atoms with Crippen LogP contribution in [0.15, 0.2) is 12.3 Å². The zero-order chi connectivity index (χ0) is 7.68. The lowest BCUT2D eigenvalue weighted by Gasteiger charge is -1.99. The van der Waals surface area contributed by atoms with E-state index in [0.717, 1.165) is 24.5 Å². The highest BCUT2D eigenvalue weighted by atomic mass is 16.5. The standard InChI is InChI=1S/C8H10N2O/c9-4-7-3-8-6(5-10-7)1-2-11-8/h3,5H,1-2,4,9H2. The molecule has 2 N–H and O–H groups in total. The summed E-state index contributed by atoms with van der Waals surface area (Å²) in [6.07, 6.45) is 2.83. The Bertz CT molecular complexity index is 273. The minimum absolute atomic E-state index is 0.483. The second-order valence-corrected chi connectivity index (χ2v) is 2.59. The molecule has 1 aliphatic rings. The number of ether oxygens (including phenoxy) is 1. The molecule has 0 spiro atoms. The van der Waals surface area contributed by atoms with E-state index in [4.69, 9.17) is 10.5 Å². The summed E-state index contributed by atoms with van der Waals surface area (Å²) in [5.41, 5.74) is 7.52. The van der Waals surface area contributed by atoms with E-state index in [1.54, 1.807) is 0 Å². The molecule has 0 unspecified atom stereocenters. The Hall–Kier alpha value is -1.09. The van der Waals surface area contributed by atoms with Crippen LogP contribution in [0.2, 0.25) is 0 Å². The molecule has 58 valence electrons. The molecule has 2 rings (SSSR count). The maximum atomic E-state index is 5.43. The first-order valence-corrected chi connectivity index (χ1v) is 3.71. The third-order valence-electron chi connectivity index (χ3n) is 1.84. The van der Waals surface area contributed by atoms with E-state index in [0.29, 0.717) is 6.54 Å². The second-order valence-electron chi connectivity index (χ2n) is 2.59. The lowest BCUT2D eigenvalue weighted by molar-refractivity contribution is 0.356. The molecule has 0 saturated carbocycles. The lowest BCUT2D eigenvalue weighted by atomic mass is 10.2. The molecule has 1 aliphatic heterocycles. The average Bonchev–Trinajstić information content (AvgIpc) is 2.50. The predicted octanol–water partition coefficient (Wildman–Crippen LogP) is 0.475. The van der Waals surface area contributed by atoms with Crippen LogP contribution in [0.4, 0.5) is 0 Å². The van der Waals surface area contributed by atoms with Crippen molar-refractivity contribution in [3.05, 3.63) is 23.5 Å². The van der Waals surface area contributed by atoms with Gasteiger partial charge in [-0.25, -0.2) is 0 Å². The van der Waals surface area contributed by atoms with Gasteiger partial charge in [0.15, 0.2) is 0 Å². The van der Waals surface area contributed by atoms with Crippen molar-refractivity contribution in [2.75, 3.05) is 6.61 Å². The molecule has 0 atom stereocenters. The second kappa shape index (κ2) is 2.51. The molecule has 2 heterocycles. The highest BCUT2D eigenvalue weighted by Crippen LogP contribution is 2.24.